The molecule has 3 aliphatic heterocycles. The van der Waals surface area contributed by atoms with Crippen molar-refractivity contribution >= 4 is 5.97 Å². The zero-order valence-corrected chi connectivity index (χ0v) is 35.1. The van der Waals surface area contributed by atoms with Gasteiger partial charge in [0.15, 0.2) is 12.2 Å². The zero-order valence-electron chi connectivity index (χ0n) is 35.1. The Morgan fingerprint density at radius 2 is 1.12 bits per heavy atom. The number of fused-ring (bicyclic) bond motifs is 5. The number of phenolic OH excluding ortho intramolecular Hbond substituents is 8. The van der Waals surface area contributed by atoms with Crippen LogP contribution in [-0.2, 0) is 21.7 Å². The number of aromatic hydroxyl groups is 8. The topological polar surface area (TPSA) is 286 Å². The monoisotopic (exact) mass is 904 g/mol. The van der Waals surface area contributed by atoms with E-state index in [0.29, 0.717) is 5.56 Å². The largest absolute Gasteiger partial charge is 0.508 e. The fourth-order valence-corrected chi connectivity index (χ4v) is 9.23. The molecule has 9 rings (SSSR count). The van der Waals surface area contributed by atoms with Gasteiger partial charge in [0.05, 0.1) is 19.4 Å². The normalized spacial score (nSPS) is 23.3. The number of ether oxygens (including phenoxy) is 5. The van der Waals surface area contributed by atoms with E-state index < -0.39 is 89.3 Å². The Labute approximate surface area is 375 Å². The highest BCUT2D eigenvalue weighted by molar-refractivity contribution is 5.74. The van der Waals surface area contributed by atoms with E-state index in [1.54, 1.807) is 0 Å². The van der Waals surface area contributed by atoms with Gasteiger partial charge in [0, 0.05) is 70.0 Å². The Bertz CT molecular complexity index is 2840. The van der Waals surface area contributed by atoms with Crippen molar-refractivity contribution < 1.29 is 84.7 Å². The Hall–Kier alpha value is -7.73. The number of hydrogen-bond acceptors (Lipinski definition) is 17. The minimum Gasteiger partial charge on any atom is -0.508 e. The minimum absolute atomic E-state index is 0.0473. The Morgan fingerprint density at radius 3 is 1.70 bits per heavy atom. The SMILES string of the molecule is COC(=O)CC1c2c(O)cc(O)c(C3c4c(O)cc5c(c4OC(c4ccc(O)cc4)C3O)Cc3c(O)cc(O)cc3OC(c3ccc(O)cc3)(C(C)O)O5)c2OC(c2ccc(O)cc2)C1O. The van der Waals surface area contributed by atoms with Crippen LogP contribution in [-0.4, -0.2) is 87.6 Å². The lowest BCUT2D eigenvalue weighted by molar-refractivity contribution is -0.190. The lowest BCUT2D eigenvalue weighted by Crippen LogP contribution is -2.49. The molecule has 17 nitrogen and oxygen atoms in total. The van der Waals surface area contributed by atoms with Gasteiger partial charge in [0.25, 0.3) is 0 Å². The van der Waals surface area contributed by atoms with Crippen molar-refractivity contribution in [1.29, 1.82) is 0 Å². The van der Waals surface area contributed by atoms with Gasteiger partial charge in [-0.3, -0.25) is 4.79 Å². The number of hydrogen-bond donors (Lipinski definition) is 11. The van der Waals surface area contributed by atoms with E-state index in [1.807, 2.05) is 0 Å². The first-order chi connectivity index (χ1) is 31.5. The average molecular weight is 905 g/mol. The van der Waals surface area contributed by atoms with Crippen LogP contribution in [0.5, 0.6) is 69.0 Å². The summed E-state index contributed by atoms with van der Waals surface area (Å²) in [5, 5.41) is 125. The molecule has 0 fully saturated rings. The second kappa shape index (κ2) is 16.4. The highest BCUT2D eigenvalue weighted by Gasteiger charge is 2.51. The van der Waals surface area contributed by atoms with Gasteiger partial charge in [-0.05, 0) is 66.6 Å². The maximum atomic E-state index is 13.0. The first-order valence-corrected chi connectivity index (χ1v) is 20.7. The molecular formula is C49H44O17. The van der Waals surface area contributed by atoms with E-state index in [4.69, 9.17) is 23.7 Å². The minimum atomic E-state index is -2.22. The maximum Gasteiger partial charge on any atom is 0.306 e. The summed E-state index contributed by atoms with van der Waals surface area (Å²) in [6.07, 6.45) is -8.39. The molecule has 8 unspecified atom stereocenters. The van der Waals surface area contributed by atoms with Crippen molar-refractivity contribution in [1.82, 2.24) is 0 Å². The molecule has 8 atom stereocenters. The van der Waals surface area contributed by atoms with Gasteiger partial charge in [-0.1, -0.05) is 24.3 Å². The number of esters is 1. The smallest absolute Gasteiger partial charge is 0.306 e. The van der Waals surface area contributed by atoms with Crippen LogP contribution < -0.4 is 18.9 Å². The zero-order chi connectivity index (χ0) is 46.9. The van der Waals surface area contributed by atoms with Crippen molar-refractivity contribution in [2.45, 2.75) is 67.9 Å². The number of aliphatic hydroxyl groups is 3. The van der Waals surface area contributed by atoms with E-state index >= 15 is 0 Å². The molecule has 0 aromatic heterocycles. The number of carbonyl (C=O) groups excluding carboxylic acids is 1. The molecule has 0 amide bonds. The Balaban J connectivity index is 1.34. The summed E-state index contributed by atoms with van der Waals surface area (Å²) >= 11 is 0. The molecular weight excluding hydrogens is 861 g/mol. The highest BCUT2D eigenvalue weighted by atomic mass is 16.7. The molecule has 3 heterocycles. The molecule has 0 bridgehead atoms. The van der Waals surface area contributed by atoms with E-state index in [9.17, 15) is 61.0 Å². The molecule has 66 heavy (non-hydrogen) atoms. The van der Waals surface area contributed by atoms with E-state index in [2.05, 4.69) is 0 Å². The number of carbonyl (C=O) groups is 1. The molecule has 3 aliphatic rings. The number of phenols is 8. The molecule has 0 saturated heterocycles. The maximum absolute atomic E-state index is 13.0. The van der Waals surface area contributed by atoms with Gasteiger partial charge in [-0.25, -0.2) is 0 Å². The quantitative estimate of drug-likeness (QED) is 0.0858. The summed E-state index contributed by atoms with van der Waals surface area (Å²) in [5.74, 6) is -9.64. The summed E-state index contributed by atoms with van der Waals surface area (Å²) in [5.41, 5.74) is 0.346. The van der Waals surface area contributed by atoms with Gasteiger partial charge in [-0.15, -0.1) is 0 Å². The third-order valence-corrected chi connectivity index (χ3v) is 12.5. The van der Waals surface area contributed by atoms with Crippen molar-refractivity contribution in [3.63, 3.8) is 0 Å². The second-order valence-corrected chi connectivity index (χ2v) is 16.5. The molecule has 6 aromatic carbocycles. The van der Waals surface area contributed by atoms with Crippen molar-refractivity contribution in [2.24, 2.45) is 0 Å². The van der Waals surface area contributed by atoms with Gasteiger partial charge < -0.3 is 79.9 Å². The second-order valence-electron chi connectivity index (χ2n) is 16.5. The highest BCUT2D eigenvalue weighted by Crippen LogP contribution is 2.61. The van der Waals surface area contributed by atoms with Gasteiger partial charge in [-0.2, -0.15) is 0 Å². The Kier molecular flexibility index (Phi) is 10.8. The van der Waals surface area contributed by atoms with E-state index in [1.165, 1.54) is 85.8 Å². The summed E-state index contributed by atoms with van der Waals surface area (Å²) in [4.78, 5) is 13.0. The Morgan fingerprint density at radius 1 is 0.621 bits per heavy atom. The average Bonchev–Trinajstić information content (AvgIpc) is 3.26. The van der Waals surface area contributed by atoms with Crippen LogP contribution in [0.1, 0.15) is 81.9 Å². The predicted molar refractivity (Wildman–Crippen MR) is 229 cm³/mol. The molecule has 11 N–H and O–H groups in total. The van der Waals surface area contributed by atoms with Crippen LogP contribution in [0.2, 0.25) is 0 Å². The van der Waals surface area contributed by atoms with Crippen molar-refractivity contribution in [3.8, 4) is 69.0 Å². The molecule has 342 valence electrons. The molecule has 0 aliphatic carbocycles. The number of methoxy groups -OCH3 is 1. The summed E-state index contributed by atoms with van der Waals surface area (Å²) in [6.45, 7) is 1.35. The van der Waals surface area contributed by atoms with Crippen LogP contribution in [0.25, 0.3) is 0 Å². The van der Waals surface area contributed by atoms with Gasteiger partial charge >= 0.3 is 11.8 Å². The number of aliphatic hydroxyl groups excluding tert-OH is 3. The van der Waals surface area contributed by atoms with Gasteiger partial charge in [0.2, 0.25) is 0 Å². The number of benzene rings is 6. The predicted octanol–water partition coefficient (Wildman–Crippen LogP) is 5.70. The third kappa shape index (κ3) is 7.22. The molecule has 6 aromatic rings. The number of rotatable bonds is 7. The lowest BCUT2D eigenvalue weighted by Gasteiger charge is -2.43. The summed E-state index contributed by atoms with van der Waals surface area (Å²) in [7, 11) is 1.15. The third-order valence-electron chi connectivity index (χ3n) is 12.5. The van der Waals surface area contributed by atoms with Crippen LogP contribution >= 0.6 is 0 Å². The molecule has 0 radical (unpaired) electrons. The molecule has 0 spiro atoms. The standard InChI is InChI=1S/C49H44O17/c1-21(50)49(24-7-13-27(53)14-8-24)65-36-16-28(54)15-32(55)29(36)17-30-37(66-49)20-35(58)40-42(44(61)46(63-47(30)40)23-5-11-26(52)12-6-23)41-34(57)19-33(56)39-31(18-38(59)62-2)43(60)45(64-48(39)41)22-3-9-25(51)10-4-22/h3-16,19-21,31,42-46,50-58,60-61H,17-18H2,1-2H3. The van der Waals surface area contributed by atoms with Crippen LogP contribution in [0.15, 0.2) is 97.1 Å². The van der Waals surface area contributed by atoms with Crippen molar-refractivity contribution in [2.75, 3.05) is 7.11 Å². The van der Waals surface area contributed by atoms with E-state index in [0.717, 1.165) is 25.3 Å². The van der Waals surface area contributed by atoms with Crippen LogP contribution in [0.3, 0.4) is 0 Å². The fourth-order valence-electron chi connectivity index (χ4n) is 9.23. The first-order valence-electron chi connectivity index (χ1n) is 20.7. The van der Waals surface area contributed by atoms with E-state index in [-0.39, 0.29) is 85.6 Å². The molecule has 0 saturated carbocycles. The summed E-state index contributed by atoms with van der Waals surface area (Å²) in [6, 6.07) is 21.1. The van der Waals surface area contributed by atoms with Gasteiger partial charge in [0.1, 0.15) is 87.3 Å². The fraction of sp³-hybridized carbons (Fsp3) is 0.245. The van der Waals surface area contributed by atoms with Crippen LogP contribution in [0, 0.1) is 0 Å². The summed E-state index contributed by atoms with van der Waals surface area (Å²) < 4.78 is 31.3. The first kappa shape index (κ1) is 43.5. The lowest BCUT2D eigenvalue weighted by atomic mass is 9.74. The van der Waals surface area contributed by atoms with Crippen LogP contribution in [0.4, 0.5) is 0 Å². The van der Waals surface area contributed by atoms with Crippen molar-refractivity contribution in [3.05, 3.63) is 142 Å². The molecule has 17 heteroatoms.